The molecule has 0 saturated carbocycles. The first kappa shape index (κ1) is 24.4. The lowest BCUT2D eigenvalue weighted by molar-refractivity contribution is 0.106. The SMILES string of the molecule is O=C(C=c1cccc(-c2ccc(O)cc2)c1=C(c1ccc(O)cc1)c1ccc(O)cc1)c1ccc(O)cc1. The van der Waals surface area contributed by atoms with Gasteiger partial charge in [-0.2, -0.15) is 0 Å². The fourth-order valence-electron chi connectivity index (χ4n) is 4.41. The van der Waals surface area contributed by atoms with Gasteiger partial charge in [0.2, 0.25) is 0 Å². The topological polar surface area (TPSA) is 98.0 Å². The largest absolute Gasteiger partial charge is 0.508 e. The average Bonchev–Trinajstić information content (AvgIpc) is 2.92. The van der Waals surface area contributed by atoms with Gasteiger partial charge in [-0.15, -0.1) is 0 Å². The second-order valence-electron chi connectivity index (χ2n) is 8.84. The average molecular weight is 501 g/mol. The third-order valence-corrected chi connectivity index (χ3v) is 6.28. The molecular formula is C33H24O5. The lowest BCUT2D eigenvalue weighted by Gasteiger charge is -2.14. The van der Waals surface area contributed by atoms with E-state index in [0.29, 0.717) is 10.8 Å². The minimum Gasteiger partial charge on any atom is -0.508 e. The number of aromatic hydroxyl groups is 4. The predicted octanol–water partition coefficient (Wildman–Crippen LogP) is 5.09. The van der Waals surface area contributed by atoms with E-state index < -0.39 is 0 Å². The summed E-state index contributed by atoms with van der Waals surface area (Å²) in [6.07, 6.45) is 1.56. The number of Topliss-reactive ketones (excluding diaryl/α,β-unsaturated/α-hetero) is 1. The van der Waals surface area contributed by atoms with Gasteiger partial charge in [0, 0.05) is 5.56 Å². The zero-order valence-corrected chi connectivity index (χ0v) is 20.2. The standard InChI is InChI=1S/C33H24O5/c34-26-12-4-21(5-13-26)30-3-1-2-25(20-31(38)22-6-14-27(35)15-7-22)33(30)32(23-8-16-28(36)17-9-23)24-10-18-29(37)19-11-24/h1-20,34-37H. The molecule has 186 valence electrons. The maximum atomic E-state index is 13.3. The van der Waals surface area contributed by atoms with E-state index in [1.165, 1.54) is 12.1 Å². The molecule has 5 nitrogen and oxygen atoms in total. The van der Waals surface area contributed by atoms with E-state index in [-0.39, 0.29) is 28.8 Å². The van der Waals surface area contributed by atoms with Crippen LogP contribution in [0.25, 0.3) is 22.8 Å². The summed E-state index contributed by atoms with van der Waals surface area (Å²) in [7, 11) is 0. The van der Waals surface area contributed by atoms with Gasteiger partial charge in [0.25, 0.3) is 0 Å². The maximum absolute atomic E-state index is 13.3. The molecular weight excluding hydrogens is 476 g/mol. The highest BCUT2D eigenvalue weighted by Gasteiger charge is 2.13. The van der Waals surface area contributed by atoms with Crippen molar-refractivity contribution >= 4 is 17.4 Å². The third kappa shape index (κ3) is 5.13. The van der Waals surface area contributed by atoms with Gasteiger partial charge in [-0.1, -0.05) is 54.6 Å². The molecule has 0 radical (unpaired) electrons. The molecule has 0 heterocycles. The Kier molecular flexibility index (Phi) is 6.66. The van der Waals surface area contributed by atoms with Gasteiger partial charge >= 0.3 is 0 Å². The molecule has 0 saturated heterocycles. The number of carbonyl (C=O) groups is 1. The molecule has 0 fully saturated rings. The van der Waals surface area contributed by atoms with Crippen LogP contribution < -0.4 is 10.4 Å². The highest BCUT2D eigenvalue weighted by atomic mass is 16.3. The Morgan fingerprint density at radius 3 is 1.39 bits per heavy atom. The molecule has 0 atom stereocenters. The summed E-state index contributed by atoms with van der Waals surface area (Å²) >= 11 is 0. The highest BCUT2D eigenvalue weighted by Crippen LogP contribution is 2.26. The van der Waals surface area contributed by atoms with Crippen LogP contribution in [0.3, 0.4) is 0 Å². The summed E-state index contributed by atoms with van der Waals surface area (Å²) in [6, 6.07) is 32.2. The Balaban J connectivity index is 1.91. The van der Waals surface area contributed by atoms with Crippen LogP contribution in [0.4, 0.5) is 0 Å². The van der Waals surface area contributed by atoms with Gasteiger partial charge in [-0.3, -0.25) is 4.79 Å². The molecule has 0 aliphatic heterocycles. The number of carbonyl (C=O) groups excluding carboxylic acids is 1. The van der Waals surface area contributed by atoms with Gasteiger partial charge in [0.1, 0.15) is 23.0 Å². The van der Waals surface area contributed by atoms with Crippen molar-refractivity contribution in [2.45, 2.75) is 0 Å². The molecule has 0 spiro atoms. The molecule has 4 N–H and O–H groups in total. The second kappa shape index (κ2) is 10.4. The van der Waals surface area contributed by atoms with Crippen LogP contribution in [-0.4, -0.2) is 26.2 Å². The summed E-state index contributed by atoms with van der Waals surface area (Å²) < 4.78 is 0. The van der Waals surface area contributed by atoms with Gasteiger partial charge in [-0.05, 0) is 105 Å². The van der Waals surface area contributed by atoms with Crippen molar-refractivity contribution in [2.75, 3.05) is 0 Å². The summed E-state index contributed by atoms with van der Waals surface area (Å²) in [4.78, 5) is 13.3. The molecule has 5 heteroatoms. The van der Waals surface area contributed by atoms with Crippen LogP contribution in [0.15, 0.2) is 115 Å². The van der Waals surface area contributed by atoms with Crippen molar-refractivity contribution in [1.82, 2.24) is 0 Å². The number of phenols is 4. The Bertz CT molecular complexity index is 1670. The first-order valence-corrected chi connectivity index (χ1v) is 12.0. The summed E-state index contributed by atoms with van der Waals surface area (Å²) in [5, 5.41) is 40.9. The lowest BCUT2D eigenvalue weighted by Crippen LogP contribution is -2.31. The van der Waals surface area contributed by atoms with Gasteiger partial charge in [0.15, 0.2) is 5.78 Å². The molecule has 5 aromatic rings. The summed E-state index contributed by atoms with van der Waals surface area (Å²) in [5.74, 6) is 0.235. The van der Waals surface area contributed by atoms with E-state index in [1.807, 2.05) is 30.3 Å². The Hall–Kier alpha value is -5.29. The van der Waals surface area contributed by atoms with Crippen molar-refractivity contribution in [3.8, 4) is 34.1 Å². The normalized spacial score (nSPS) is 11.3. The van der Waals surface area contributed by atoms with Crippen LogP contribution in [0.2, 0.25) is 0 Å². The number of phenolic OH excluding ortho intramolecular Hbond substituents is 4. The quantitative estimate of drug-likeness (QED) is 0.252. The minimum atomic E-state index is -0.232. The monoisotopic (exact) mass is 500 g/mol. The van der Waals surface area contributed by atoms with E-state index in [9.17, 15) is 25.2 Å². The van der Waals surface area contributed by atoms with Crippen molar-refractivity contribution in [3.05, 3.63) is 142 Å². The molecule has 0 amide bonds. The number of benzene rings is 5. The second-order valence-corrected chi connectivity index (χ2v) is 8.84. The third-order valence-electron chi connectivity index (χ3n) is 6.28. The fourth-order valence-corrected chi connectivity index (χ4v) is 4.41. The van der Waals surface area contributed by atoms with Crippen LogP contribution in [0, 0.1) is 0 Å². The van der Waals surface area contributed by atoms with Crippen LogP contribution in [0.1, 0.15) is 21.5 Å². The Morgan fingerprint density at radius 2 is 0.921 bits per heavy atom. The Labute approximate surface area is 219 Å². The lowest BCUT2D eigenvalue weighted by atomic mass is 9.90. The minimum absolute atomic E-state index is 0.0758. The van der Waals surface area contributed by atoms with E-state index in [4.69, 9.17) is 0 Å². The van der Waals surface area contributed by atoms with E-state index in [2.05, 4.69) is 0 Å². The van der Waals surface area contributed by atoms with Gasteiger partial charge < -0.3 is 20.4 Å². The van der Waals surface area contributed by atoms with E-state index >= 15 is 0 Å². The molecule has 0 aliphatic carbocycles. The zero-order chi connectivity index (χ0) is 26.6. The molecule has 0 aromatic heterocycles. The van der Waals surface area contributed by atoms with Crippen molar-refractivity contribution in [1.29, 1.82) is 0 Å². The Morgan fingerprint density at radius 1 is 0.500 bits per heavy atom. The van der Waals surface area contributed by atoms with Crippen molar-refractivity contribution < 1.29 is 25.2 Å². The number of ketones is 1. The fraction of sp³-hybridized carbons (Fsp3) is 0. The van der Waals surface area contributed by atoms with E-state index in [0.717, 1.165) is 33.0 Å². The van der Waals surface area contributed by atoms with E-state index in [1.54, 1.807) is 78.9 Å². The molecule has 38 heavy (non-hydrogen) atoms. The van der Waals surface area contributed by atoms with Crippen LogP contribution in [-0.2, 0) is 0 Å². The summed E-state index contributed by atoms with van der Waals surface area (Å²) in [6.45, 7) is 0. The number of rotatable bonds is 5. The first-order chi connectivity index (χ1) is 18.4. The van der Waals surface area contributed by atoms with Crippen molar-refractivity contribution in [2.24, 2.45) is 0 Å². The first-order valence-electron chi connectivity index (χ1n) is 12.0. The van der Waals surface area contributed by atoms with Crippen LogP contribution >= 0.6 is 0 Å². The molecule has 0 bridgehead atoms. The smallest absolute Gasteiger partial charge is 0.186 e. The summed E-state index contributed by atoms with van der Waals surface area (Å²) in [5.41, 5.74) is 4.48. The number of hydrogen-bond acceptors (Lipinski definition) is 5. The number of hydrogen-bond donors (Lipinski definition) is 4. The van der Waals surface area contributed by atoms with Gasteiger partial charge in [0.05, 0.1) is 0 Å². The van der Waals surface area contributed by atoms with Crippen LogP contribution in [0.5, 0.6) is 23.0 Å². The van der Waals surface area contributed by atoms with Gasteiger partial charge in [-0.25, -0.2) is 0 Å². The highest BCUT2D eigenvalue weighted by molar-refractivity contribution is 6.17. The molecule has 0 aliphatic rings. The predicted molar refractivity (Wildman–Crippen MR) is 148 cm³/mol. The molecule has 0 unspecified atom stereocenters. The molecule has 5 rings (SSSR count). The maximum Gasteiger partial charge on any atom is 0.186 e. The molecule has 5 aromatic carbocycles. The van der Waals surface area contributed by atoms with Crippen molar-refractivity contribution in [3.63, 3.8) is 0 Å². The zero-order valence-electron chi connectivity index (χ0n) is 20.2.